The molecule has 1 aromatic heterocycles. The maximum absolute atomic E-state index is 12.5. The van der Waals surface area contributed by atoms with Gasteiger partial charge in [-0.1, -0.05) is 12.1 Å². The van der Waals surface area contributed by atoms with Gasteiger partial charge < -0.3 is 9.47 Å². The second-order valence-corrected chi connectivity index (χ2v) is 6.65. The second-order valence-electron chi connectivity index (χ2n) is 5.79. The number of anilines is 1. The Morgan fingerprint density at radius 1 is 1.26 bits per heavy atom. The summed E-state index contributed by atoms with van der Waals surface area (Å²) in [5, 5.41) is 4.84. The molecule has 0 unspecified atom stereocenters. The summed E-state index contributed by atoms with van der Waals surface area (Å²) in [6.45, 7) is -2.33. The number of benzene rings is 2. The quantitative estimate of drug-likeness (QED) is 0.694. The lowest BCUT2D eigenvalue weighted by atomic mass is 10.1. The molecule has 27 heavy (non-hydrogen) atoms. The highest BCUT2D eigenvalue weighted by molar-refractivity contribution is 7.14. The molecule has 0 bridgehead atoms. The standard InChI is InChI=1S/C19H14F2N2O3S/c20-18(21)26-16-4-2-1-3-13(16)17(24)23-19-22-14(10-27-19)11-5-6-15-12(9-11)7-8-25-15/h1-6,9-10,18H,7-8H2,(H,22,23,24). The van der Waals surface area contributed by atoms with Crippen molar-refractivity contribution in [2.75, 3.05) is 11.9 Å². The summed E-state index contributed by atoms with van der Waals surface area (Å²) in [6.07, 6.45) is 0.859. The maximum atomic E-state index is 12.5. The molecule has 0 saturated carbocycles. The van der Waals surface area contributed by atoms with Crippen LogP contribution in [0.4, 0.5) is 13.9 Å². The Bertz CT molecular complexity index is 991. The van der Waals surface area contributed by atoms with E-state index in [-0.39, 0.29) is 11.3 Å². The molecule has 1 amide bonds. The molecule has 0 aliphatic carbocycles. The van der Waals surface area contributed by atoms with Crippen LogP contribution >= 0.6 is 11.3 Å². The third-order valence-electron chi connectivity index (χ3n) is 4.06. The number of alkyl halides is 2. The van der Waals surface area contributed by atoms with Crippen LogP contribution in [0, 0.1) is 0 Å². The summed E-state index contributed by atoms with van der Waals surface area (Å²) < 4.78 is 34.9. The van der Waals surface area contributed by atoms with E-state index in [0.29, 0.717) is 11.7 Å². The molecule has 0 atom stereocenters. The summed E-state index contributed by atoms with van der Waals surface area (Å²) in [5.74, 6) is 0.146. The lowest BCUT2D eigenvalue weighted by Gasteiger charge is -2.09. The number of para-hydroxylation sites is 1. The van der Waals surface area contributed by atoms with E-state index in [4.69, 9.17) is 4.74 Å². The predicted molar refractivity (Wildman–Crippen MR) is 97.8 cm³/mol. The average Bonchev–Trinajstić information content (AvgIpc) is 3.30. The fourth-order valence-electron chi connectivity index (χ4n) is 2.83. The van der Waals surface area contributed by atoms with Crippen LogP contribution < -0.4 is 14.8 Å². The fraction of sp³-hybridized carbons (Fsp3) is 0.158. The van der Waals surface area contributed by atoms with Gasteiger partial charge in [-0.3, -0.25) is 10.1 Å². The fourth-order valence-corrected chi connectivity index (χ4v) is 3.54. The zero-order chi connectivity index (χ0) is 18.8. The van der Waals surface area contributed by atoms with Crippen molar-refractivity contribution in [2.24, 2.45) is 0 Å². The molecule has 0 saturated heterocycles. The highest BCUT2D eigenvalue weighted by atomic mass is 32.1. The number of amides is 1. The van der Waals surface area contributed by atoms with Gasteiger partial charge in [-0.15, -0.1) is 11.3 Å². The number of thiazole rings is 1. The predicted octanol–water partition coefficient (Wildman–Crippen LogP) is 4.60. The first-order chi connectivity index (χ1) is 13.1. The summed E-state index contributed by atoms with van der Waals surface area (Å²) in [6, 6.07) is 11.7. The van der Waals surface area contributed by atoms with Gasteiger partial charge in [0.1, 0.15) is 11.5 Å². The molecule has 138 valence electrons. The first kappa shape index (κ1) is 17.4. The molecule has 1 N–H and O–H groups in total. The van der Waals surface area contributed by atoms with Gasteiger partial charge in [0.25, 0.3) is 5.91 Å². The smallest absolute Gasteiger partial charge is 0.387 e. The number of carbonyl (C=O) groups is 1. The molecule has 1 aliphatic rings. The number of hydrogen-bond donors (Lipinski definition) is 1. The number of ether oxygens (including phenoxy) is 2. The number of aromatic nitrogens is 1. The van der Waals surface area contributed by atoms with Crippen LogP contribution in [0.15, 0.2) is 47.8 Å². The van der Waals surface area contributed by atoms with Crippen LogP contribution in [-0.2, 0) is 6.42 Å². The molecular weight excluding hydrogens is 374 g/mol. The van der Waals surface area contributed by atoms with Gasteiger partial charge in [0, 0.05) is 17.4 Å². The largest absolute Gasteiger partial charge is 0.493 e. The molecule has 1 aliphatic heterocycles. The van der Waals surface area contributed by atoms with Crippen molar-refractivity contribution in [3.63, 3.8) is 0 Å². The van der Waals surface area contributed by atoms with Crippen molar-refractivity contribution in [3.05, 3.63) is 59.0 Å². The van der Waals surface area contributed by atoms with Crippen molar-refractivity contribution < 1.29 is 23.0 Å². The van der Waals surface area contributed by atoms with Crippen molar-refractivity contribution in [3.8, 4) is 22.8 Å². The van der Waals surface area contributed by atoms with E-state index < -0.39 is 12.5 Å². The van der Waals surface area contributed by atoms with Gasteiger partial charge in [0.15, 0.2) is 5.13 Å². The minimum absolute atomic E-state index is 0.0178. The molecule has 0 radical (unpaired) electrons. The monoisotopic (exact) mass is 388 g/mol. The lowest BCUT2D eigenvalue weighted by Crippen LogP contribution is -2.14. The number of rotatable bonds is 5. The van der Waals surface area contributed by atoms with Gasteiger partial charge in [-0.2, -0.15) is 8.78 Å². The summed E-state index contributed by atoms with van der Waals surface area (Å²) in [5.41, 5.74) is 2.80. The van der Waals surface area contributed by atoms with Crippen LogP contribution in [-0.4, -0.2) is 24.1 Å². The number of nitrogens with zero attached hydrogens (tertiary/aromatic N) is 1. The van der Waals surface area contributed by atoms with E-state index >= 15 is 0 Å². The molecule has 5 nitrogen and oxygen atoms in total. The van der Waals surface area contributed by atoms with Crippen LogP contribution in [0.5, 0.6) is 11.5 Å². The number of fused-ring (bicyclic) bond motifs is 1. The molecule has 8 heteroatoms. The summed E-state index contributed by atoms with van der Waals surface area (Å²) >= 11 is 1.26. The van der Waals surface area contributed by atoms with E-state index in [1.807, 2.05) is 23.6 Å². The number of carbonyl (C=O) groups excluding carboxylic acids is 1. The van der Waals surface area contributed by atoms with Gasteiger partial charge >= 0.3 is 6.61 Å². The van der Waals surface area contributed by atoms with Crippen LogP contribution in [0.25, 0.3) is 11.3 Å². The zero-order valence-corrected chi connectivity index (χ0v) is 14.8. The van der Waals surface area contributed by atoms with Crippen molar-refractivity contribution in [1.29, 1.82) is 0 Å². The van der Waals surface area contributed by atoms with Crippen LogP contribution in [0.1, 0.15) is 15.9 Å². The number of nitrogens with one attached hydrogen (secondary N) is 1. The summed E-state index contributed by atoms with van der Waals surface area (Å²) in [7, 11) is 0. The molecule has 4 rings (SSSR count). The topological polar surface area (TPSA) is 60.5 Å². The van der Waals surface area contributed by atoms with E-state index in [1.54, 1.807) is 6.07 Å². The van der Waals surface area contributed by atoms with E-state index in [1.165, 1.54) is 29.5 Å². The normalized spacial score (nSPS) is 12.6. The average molecular weight is 388 g/mol. The highest BCUT2D eigenvalue weighted by Gasteiger charge is 2.18. The third kappa shape index (κ3) is 3.75. The first-order valence-corrected chi connectivity index (χ1v) is 9.05. The zero-order valence-electron chi connectivity index (χ0n) is 13.9. The Balaban J connectivity index is 1.52. The second kappa shape index (κ2) is 7.32. The van der Waals surface area contributed by atoms with Crippen molar-refractivity contribution in [2.45, 2.75) is 13.0 Å². The van der Waals surface area contributed by atoms with Gasteiger partial charge in [0.2, 0.25) is 0 Å². The lowest BCUT2D eigenvalue weighted by molar-refractivity contribution is -0.0501. The Hall–Kier alpha value is -3.00. The Labute approximate surface area is 157 Å². The number of hydrogen-bond acceptors (Lipinski definition) is 5. The maximum Gasteiger partial charge on any atom is 0.387 e. The molecule has 2 heterocycles. The highest BCUT2D eigenvalue weighted by Crippen LogP contribution is 2.32. The molecule has 0 fully saturated rings. The minimum Gasteiger partial charge on any atom is -0.493 e. The SMILES string of the molecule is O=C(Nc1nc(-c2ccc3c(c2)CCO3)cs1)c1ccccc1OC(F)F. The van der Waals surface area contributed by atoms with E-state index in [2.05, 4.69) is 15.0 Å². The first-order valence-electron chi connectivity index (χ1n) is 8.17. The van der Waals surface area contributed by atoms with Gasteiger partial charge in [-0.25, -0.2) is 4.98 Å². The van der Waals surface area contributed by atoms with E-state index in [9.17, 15) is 13.6 Å². The molecular formula is C19H14F2N2O3S. The molecule has 3 aromatic rings. The molecule has 2 aromatic carbocycles. The van der Waals surface area contributed by atoms with Crippen LogP contribution in [0.2, 0.25) is 0 Å². The molecule has 0 spiro atoms. The van der Waals surface area contributed by atoms with Gasteiger partial charge in [0.05, 0.1) is 17.9 Å². The number of halogens is 2. The van der Waals surface area contributed by atoms with Crippen molar-refractivity contribution >= 4 is 22.4 Å². The Morgan fingerprint density at radius 2 is 2.11 bits per heavy atom. The van der Waals surface area contributed by atoms with Crippen molar-refractivity contribution in [1.82, 2.24) is 4.98 Å². The van der Waals surface area contributed by atoms with Crippen LogP contribution in [0.3, 0.4) is 0 Å². The van der Waals surface area contributed by atoms with E-state index in [0.717, 1.165) is 29.0 Å². The van der Waals surface area contributed by atoms with Gasteiger partial charge in [-0.05, 0) is 35.9 Å². The summed E-state index contributed by atoms with van der Waals surface area (Å²) in [4.78, 5) is 16.8. The Kier molecular flexibility index (Phi) is 4.72. The third-order valence-corrected chi connectivity index (χ3v) is 4.82. The Morgan fingerprint density at radius 3 is 2.96 bits per heavy atom. The minimum atomic E-state index is -3.01.